The Morgan fingerprint density at radius 2 is 1.63 bits per heavy atom. The maximum atomic E-state index is 12.3. The molecule has 1 unspecified atom stereocenters. The second kappa shape index (κ2) is 5.02. The zero-order chi connectivity index (χ0) is 15.0. The number of ether oxygens (including phenoxy) is 1. The summed E-state index contributed by atoms with van der Waals surface area (Å²) in [6.45, 7) is 10.8. The molecular weight excluding hydrogens is 246 g/mol. The van der Waals surface area contributed by atoms with E-state index in [9.17, 15) is 14.7 Å². The first-order valence-corrected chi connectivity index (χ1v) is 6.67. The molecule has 0 aliphatic heterocycles. The topological polar surface area (TPSA) is 66.8 Å². The van der Waals surface area contributed by atoms with Gasteiger partial charge in [0.15, 0.2) is 0 Å². The Bertz CT molecular complexity index is 361. The molecule has 1 aliphatic rings. The maximum absolute atomic E-state index is 12.3. The van der Waals surface area contributed by atoms with Crippen molar-refractivity contribution in [2.45, 2.75) is 72.1 Å². The molecule has 19 heavy (non-hydrogen) atoms. The van der Waals surface area contributed by atoms with Gasteiger partial charge in [-0.3, -0.25) is 4.90 Å². The summed E-state index contributed by atoms with van der Waals surface area (Å²) in [4.78, 5) is 25.2. The van der Waals surface area contributed by atoms with Gasteiger partial charge in [-0.05, 0) is 39.0 Å². The molecule has 1 N–H and O–H groups in total. The fourth-order valence-electron chi connectivity index (χ4n) is 2.04. The van der Waals surface area contributed by atoms with Crippen LogP contribution in [-0.4, -0.2) is 39.8 Å². The molecule has 0 spiro atoms. The van der Waals surface area contributed by atoms with E-state index in [1.807, 2.05) is 20.8 Å². The highest BCUT2D eigenvalue weighted by molar-refractivity contribution is 5.81. The Morgan fingerprint density at radius 1 is 1.16 bits per heavy atom. The van der Waals surface area contributed by atoms with Gasteiger partial charge >= 0.3 is 12.1 Å². The number of carboxylic acids is 1. The van der Waals surface area contributed by atoms with Crippen LogP contribution in [0.3, 0.4) is 0 Å². The van der Waals surface area contributed by atoms with Crippen LogP contribution in [0.1, 0.15) is 54.4 Å². The van der Waals surface area contributed by atoms with Gasteiger partial charge in [-0.25, -0.2) is 9.59 Å². The molecule has 1 rings (SSSR count). The van der Waals surface area contributed by atoms with Crippen LogP contribution < -0.4 is 0 Å². The first kappa shape index (κ1) is 15.8. The van der Waals surface area contributed by atoms with E-state index in [0.29, 0.717) is 0 Å². The lowest BCUT2D eigenvalue weighted by molar-refractivity contribution is -0.147. The summed E-state index contributed by atoms with van der Waals surface area (Å²) in [7, 11) is 0. The van der Waals surface area contributed by atoms with Gasteiger partial charge in [0.05, 0.1) is 0 Å². The van der Waals surface area contributed by atoms with Crippen molar-refractivity contribution >= 4 is 12.1 Å². The molecule has 5 heteroatoms. The van der Waals surface area contributed by atoms with Gasteiger partial charge in [-0.1, -0.05) is 20.8 Å². The van der Waals surface area contributed by atoms with Crippen LogP contribution in [0.4, 0.5) is 4.79 Å². The van der Waals surface area contributed by atoms with Gasteiger partial charge in [0.2, 0.25) is 0 Å². The molecular formula is C14H25NO4. The Hall–Kier alpha value is -1.26. The Labute approximate surface area is 114 Å². The molecule has 0 saturated heterocycles. The number of carboxylic acid groups (broad SMARTS) is 1. The number of amides is 1. The van der Waals surface area contributed by atoms with Crippen LogP contribution in [0.15, 0.2) is 0 Å². The summed E-state index contributed by atoms with van der Waals surface area (Å²) in [5, 5.41) is 9.45. The summed E-state index contributed by atoms with van der Waals surface area (Å²) in [6, 6.07) is -0.870. The number of nitrogens with zero attached hydrogens (tertiary/aromatic N) is 1. The Kier molecular flexibility index (Phi) is 4.17. The maximum Gasteiger partial charge on any atom is 0.411 e. The van der Waals surface area contributed by atoms with Gasteiger partial charge < -0.3 is 9.84 Å². The predicted octanol–water partition coefficient (Wildman–Crippen LogP) is 2.89. The molecule has 1 fully saturated rings. The third-order valence-corrected chi connectivity index (χ3v) is 2.88. The van der Waals surface area contributed by atoms with Gasteiger partial charge in [-0.2, -0.15) is 0 Å². The van der Waals surface area contributed by atoms with E-state index < -0.39 is 29.1 Å². The zero-order valence-electron chi connectivity index (χ0n) is 12.7. The molecule has 1 saturated carbocycles. The van der Waals surface area contributed by atoms with Crippen molar-refractivity contribution in [3.8, 4) is 0 Å². The third kappa shape index (κ3) is 4.40. The summed E-state index contributed by atoms with van der Waals surface area (Å²) >= 11 is 0. The second-order valence-electron chi connectivity index (χ2n) is 7.23. The lowest BCUT2D eigenvalue weighted by Crippen LogP contribution is -2.54. The number of rotatable bonds is 3. The number of hydrogen-bond acceptors (Lipinski definition) is 3. The molecule has 0 radical (unpaired) electrons. The highest BCUT2D eigenvalue weighted by atomic mass is 16.6. The van der Waals surface area contributed by atoms with Crippen molar-refractivity contribution in [1.29, 1.82) is 0 Å². The smallest absolute Gasteiger partial charge is 0.411 e. The lowest BCUT2D eigenvalue weighted by atomic mass is 9.85. The molecule has 0 heterocycles. The normalized spacial score (nSPS) is 17.8. The third-order valence-electron chi connectivity index (χ3n) is 2.88. The standard InChI is InChI=1S/C14H25NO4/c1-13(2,3)10(11(16)17)15(9-7-8-9)12(18)19-14(4,5)6/h9-10H,7-8H2,1-6H3,(H,16,17). The van der Waals surface area contributed by atoms with E-state index in [-0.39, 0.29) is 6.04 Å². The Morgan fingerprint density at radius 3 is 1.89 bits per heavy atom. The minimum Gasteiger partial charge on any atom is -0.480 e. The second-order valence-corrected chi connectivity index (χ2v) is 7.23. The van der Waals surface area contributed by atoms with E-state index in [0.717, 1.165) is 12.8 Å². The van der Waals surface area contributed by atoms with Crippen molar-refractivity contribution in [1.82, 2.24) is 4.90 Å². The van der Waals surface area contributed by atoms with Crippen molar-refractivity contribution in [2.75, 3.05) is 0 Å². The predicted molar refractivity (Wildman–Crippen MR) is 72.0 cm³/mol. The summed E-state index contributed by atoms with van der Waals surface area (Å²) in [6.07, 6.45) is 1.16. The molecule has 5 nitrogen and oxygen atoms in total. The number of carbonyl (C=O) groups excluding carboxylic acids is 1. The minimum absolute atomic E-state index is 0.00447. The largest absolute Gasteiger partial charge is 0.480 e. The van der Waals surface area contributed by atoms with Gasteiger partial charge in [0, 0.05) is 6.04 Å². The Balaban J connectivity index is 2.99. The van der Waals surface area contributed by atoms with E-state index in [1.54, 1.807) is 20.8 Å². The first-order valence-electron chi connectivity index (χ1n) is 6.67. The van der Waals surface area contributed by atoms with Crippen molar-refractivity contribution in [3.05, 3.63) is 0 Å². The highest BCUT2D eigenvalue weighted by Crippen LogP contribution is 2.36. The van der Waals surface area contributed by atoms with Crippen LogP contribution >= 0.6 is 0 Å². The van der Waals surface area contributed by atoms with Crippen molar-refractivity contribution < 1.29 is 19.4 Å². The van der Waals surface area contributed by atoms with Crippen LogP contribution in [0.5, 0.6) is 0 Å². The summed E-state index contributed by atoms with van der Waals surface area (Å²) in [5.74, 6) is -0.981. The van der Waals surface area contributed by atoms with Gasteiger partial charge in [0.25, 0.3) is 0 Å². The molecule has 0 aromatic heterocycles. The number of aliphatic carboxylic acids is 1. The van der Waals surface area contributed by atoms with Crippen LogP contribution in [0.2, 0.25) is 0 Å². The zero-order valence-corrected chi connectivity index (χ0v) is 12.7. The fourth-order valence-corrected chi connectivity index (χ4v) is 2.04. The molecule has 1 atom stereocenters. The monoisotopic (exact) mass is 271 g/mol. The van der Waals surface area contributed by atoms with Gasteiger partial charge in [0.1, 0.15) is 11.6 Å². The molecule has 0 bridgehead atoms. The average molecular weight is 271 g/mol. The van der Waals surface area contributed by atoms with Crippen molar-refractivity contribution in [2.24, 2.45) is 5.41 Å². The fraction of sp³-hybridized carbons (Fsp3) is 0.857. The first-order chi connectivity index (χ1) is 8.43. The van der Waals surface area contributed by atoms with Gasteiger partial charge in [-0.15, -0.1) is 0 Å². The minimum atomic E-state index is -0.981. The molecule has 0 aromatic carbocycles. The van der Waals surface area contributed by atoms with Crippen LogP contribution in [0, 0.1) is 5.41 Å². The molecule has 1 amide bonds. The highest BCUT2D eigenvalue weighted by Gasteiger charge is 2.47. The quantitative estimate of drug-likeness (QED) is 0.857. The van der Waals surface area contributed by atoms with Crippen LogP contribution in [0.25, 0.3) is 0 Å². The number of carbonyl (C=O) groups is 2. The molecule has 110 valence electrons. The number of hydrogen-bond donors (Lipinski definition) is 1. The molecule has 0 aromatic rings. The van der Waals surface area contributed by atoms with E-state index in [4.69, 9.17) is 4.74 Å². The SMILES string of the molecule is CC(C)(C)OC(=O)N(C1CC1)C(C(=O)O)C(C)(C)C. The van der Waals surface area contributed by atoms with Crippen LogP contribution in [-0.2, 0) is 9.53 Å². The van der Waals surface area contributed by atoms with E-state index >= 15 is 0 Å². The summed E-state index contributed by atoms with van der Waals surface area (Å²) in [5.41, 5.74) is -1.16. The lowest BCUT2D eigenvalue weighted by Gasteiger charge is -2.38. The molecule has 1 aliphatic carbocycles. The summed E-state index contributed by atoms with van der Waals surface area (Å²) < 4.78 is 5.35. The van der Waals surface area contributed by atoms with Crippen molar-refractivity contribution in [3.63, 3.8) is 0 Å². The average Bonchev–Trinajstić information content (AvgIpc) is 2.90. The van der Waals surface area contributed by atoms with E-state index in [1.165, 1.54) is 4.90 Å². The van der Waals surface area contributed by atoms with E-state index in [2.05, 4.69) is 0 Å².